The number of nitrogens with one attached hydrogen (secondary N) is 1. The van der Waals surface area contributed by atoms with Gasteiger partial charge in [0.05, 0.1) is 29.7 Å². The fraction of sp³-hybridized carbons (Fsp3) is 0.385. The van der Waals surface area contributed by atoms with Gasteiger partial charge in [-0.25, -0.2) is 0 Å². The maximum Gasteiger partial charge on any atom is 0.230 e. The lowest BCUT2D eigenvalue weighted by atomic mass is 10.1. The predicted molar refractivity (Wildman–Crippen MR) is 70.0 cm³/mol. The zero-order chi connectivity index (χ0) is 13.0. The number of benzene rings is 1. The Kier molecular flexibility index (Phi) is 4.24. The number of carbonyl (C=O) groups excluding carboxylic acids is 1. The molecule has 0 aliphatic heterocycles. The van der Waals surface area contributed by atoms with Crippen LogP contribution in [0.5, 0.6) is 0 Å². The maximum atomic E-state index is 11.7. The van der Waals surface area contributed by atoms with E-state index in [-0.39, 0.29) is 17.7 Å². The standard InChI is InChI=1S/C13H14N2O2S/c14-5-6-18-8-12(17)15-13-10-4-2-1-3-9(10)7-11(13)16/h1-4,11,13,16H,6-8H2,(H,15,17)/t11-,13+/m0/s1. The van der Waals surface area contributed by atoms with E-state index in [1.807, 2.05) is 30.3 Å². The van der Waals surface area contributed by atoms with E-state index < -0.39 is 6.10 Å². The molecule has 1 amide bonds. The molecule has 5 heteroatoms. The molecule has 0 saturated heterocycles. The molecule has 0 spiro atoms. The molecule has 1 aromatic rings. The second kappa shape index (κ2) is 5.89. The molecule has 2 rings (SSSR count). The SMILES string of the molecule is N#CCSCC(=O)N[C@@H]1c2ccccc2C[C@@H]1O. The van der Waals surface area contributed by atoms with Gasteiger partial charge in [-0.2, -0.15) is 5.26 Å². The van der Waals surface area contributed by atoms with Crippen molar-refractivity contribution in [2.24, 2.45) is 0 Å². The Bertz CT molecular complexity index is 484. The minimum Gasteiger partial charge on any atom is -0.390 e. The second-order valence-electron chi connectivity index (χ2n) is 4.17. The van der Waals surface area contributed by atoms with Gasteiger partial charge in [0.1, 0.15) is 0 Å². The molecule has 0 bridgehead atoms. The first-order valence-corrected chi connectivity index (χ1v) is 6.87. The van der Waals surface area contributed by atoms with Crippen molar-refractivity contribution in [1.82, 2.24) is 5.32 Å². The number of nitriles is 1. The number of rotatable bonds is 4. The highest BCUT2D eigenvalue weighted by molar-refractivity contribution is 8.00. The van der Waals surface area contributed by atoms with Crippen LogP contribution in [0.2, 0.25) is 0 Å². The second-order valence-corrected chi connectivity index (χ2v) is 5.15. The highest BCUT2D eigenvalue weighted by atomic mass is 32.2. The molecule has 2 N–H and O–H groups in total. The number of carbonyl (C=O) groups is 1. The Balaban J connectivity index is 1.97. The smallest absolute Gasteiger partial charge is 0.230 e. The van der Waals surface area contributed by atoms with Gasteiger partial charge in [0.15, 0.2) is 0 Å². The quantitative estimate of drug-likeness (QED) is 0.795. The molecule has 0 fully saturated rings. The summed E-state index contributed by atoms with van der Waals surface area (Å²) in [6, 6.07) is 9.38. The Labute approximate surface area is 110 Å². The fourth-order valence-corrected chi connectivity index (χ4v) is 2.61. The lowest BCUT2D eigenvalue weighted by molar-refractivity contribution is -0.120. The van der Waals surface area contributed by atoms with Crippen LogP contribution in [0.25, 0.3) is 0 Å². The largest absolute Gasteiger partial charge is 0.390 e. The van der Waals surface area contributed by atoms with E-state index in [1.165, 1.54) is 11.8 Å². The first-order chi connectivity index (χ1) is 8.72. The van der Waals surface area contributed by atoms with Crippen LogP contribution in [0.1, 0.15) is 17.2 Å². The lowest BCUT2D eigenvalue weighted by Gasteiger charge is -2.17. The van der Waals surface area contributed by atoms with E-state index in [2.05, 4.69) is 5.32 Å². The summed E-state index contributed by atoms with van der Waals surface area (Å²) in [5, 5.41) is 21.2. The summed E-state index contributed by atoms with van der Waals surface area (Å²) in [7, 11) is 0. The third-order valence-corrected chi connectivity index (χ3v) is 3.72. The number of aliphatic hydroxyl groups is 1. The minimum atomic E-state index is -0.563. The number of hydrogen-bond donors (Lipinski definition) is 2. The highest BCUT2D eigenvalue weighted by Crippen LogP contribution is 2.31. The first kappa shape index (κ1) is 12.9. The van der Waals surface area contributed by atoms with Gasteiger partial charge in [0.2, 0.25) is 5.91 Å². The van der Waals surface area contributed by atoms with Crippen molar-refractivity contribution in [1.29, 1.82) is 5.26 Å². The summed E-state index contributed by atoms with van der Waals surface area (Å²) in [6.07, 6.45) is 0.0132. The average Bonchev–Trinajstić information content (AvgIpc) is 2.67. The van der Waals surface area contributed by atoms with Gasteiger partial charge in [0, 0.05) is 6.42 Å². The van der Waals surface area contributed by atoms with Gasteiger partial charge < -0.3 is 10.4 Å². The molecule has 1 aliphatic rings. The fourth-order valence-electron chi connectivity index (χ4n) is 2.15. The van der Waals surface area contributed by atoms with Crippen LogP contribution in [0, 0.1) is 11.3 Å². The van der Waals surface area contributed by atoms with Crippen LogP contribution >= 0.6 is 11.8 Å². The molecule has 2 atom stereocenters. The number of fused-ring (bicyclic) bond motifs is 1. The predicted octanol–water partition coefficient (Wildman–Crippen LogP) is 1.02. The normalized spacial score (nSPS) is 21.1. The molecule has 1 aromatic carbocycles. The van der Waals surface area contributed by atoms with Gasteiger partial charge in [-0.15, -0.1) is 11.8 Å². The molecular formula is C13H14N2O2S. The Hall–Kier alpha value is -1.51. The number of aliphatic hydroxyl groups excluding tert-OH is 1. The number of hydrogen-bond acceptors (Lipinski definition) is 4. The average molecular weight is 262 g/mol. The zero-order valence-corrected chi connectivity index (χ0v) is 10.6. The third kappa shape index (κ3) is 2.84. The number of amides is 1. The third-order valence-electron chi connectivity index (χ3n) is 2.92. The van der Waals surface area contributed by atoms with E-state index in [4.69, 9.17) is 5.26 Å². The molecule has 94 valence electrons. The molecule has 18 heavy (non-hydrogen) atoms. The summed E-state index contributed by atoms with van der Waals surface area (Å²) >= 11 is 1.27. The van der Waals surface area contributed by atoms with E-state index in [1.54, 1.807) is 0 Å². The minimum absolute atomic E-state index is 0.143. The van der Waals surface area contributed by atoms with Crippen molar-refractivity contribution in [2.75, 3.05) is 11.5 Å². The van der Waals surface area contributed by atoms with Crippen LogP contribution in [-0.4, -0.2) is 28.6 Å². The summed E-state index contributed by atoms with van der Waals surface area (Å²) in [6.45, 7) is 0. The Morgan fingerprint density at radius 3 is 3.11 bits per heavy atom. The molecule has 0 heterocycles. The molecule has 0 radical (unpaired) electrons. The Morgan fingerprint density at radius 2 is 2.33 bits per heavy atom. The number of nitrogens with zero attached hydrogens (tertiary/aromatic N) is 1. The van der Waals surface area contributed by atoms with Crippen LogP contribution in [0.4, 0.5) is 0 Å². The molecule has 4 nitrogen and oxygen atoms in total. The Morgan fingerprint density at radius 1 is 1.56 bits per heavy atom. The topological polar surface area (TPSA) is 73.1 Å². The van der Waals surface area contributed by atoms with E-state index in [0.717, 1.165) is 11.1 Å². The van der Waals surface area contributed by atoms with Gasteiger partial charge >= 0.3 is 0 Å². The highest BCUT2D eigenvalue weighted by Gasteiger charge is 2.31. The molecule has 0 saturated carbocycles. The summed E-state index contributed by atoms with van der Waals surface area (Å²) in [5.74, 6) is 0.409. The summed E-state index contributed by atoms with van der Waals surface area (Å²) in [4.78, 5) is 11.7. The van der Waals surface area contributed by atoms with Gasteiger partial charge in [-0.05, 0) is 11.1 Å². The van der Waals surface area contributed by atoms with Crippen molar-refractivity contribution >= 4 is 17.7 Å². The van der Waals surface area contributed by atoms with Gasteiger partial charge in [0.25, 0.3) is 0 Å². The monoisotopic (exact) mass is 262 g/mol. The van der Waals surface area contributed by atoms with Crippen molar-refractivity contribution < 1.29 is 9.90 Å². The van der Waals surface area contributed by atoms with E-state index in [9.17, 15) is 9.90 Å². The zero-order valence-electron chi connectivity index (χ0n) is 9.80. The van der Waals surface area contributed by atoms with Crippen molar-refractivity contribution in [2.45, 2.75) is 18.6 Å². The van der Waals surface area contributed by atoms with Gasteiger partial charge in [-0.1, -0.05) is 24.3 Å². The van der Waals surface area contributed by atoms with Crippen LogP contribution in [0.15, 0.2) is 24.3 Å². The van der Waals surface area contributed by atoms with Crippen molar-refractivity contribution in [3.8, 4) is 6.07 Å². The van der Waals surface area contributed by atoms with E-state index in [0.29, 0.717) is 12.2 Å². The van der Waals surface area contributed by atoms with Crippen LogP contribution < -0.4 is 5.32 Å². The van der Waals surface area contributed by atoms with Crippen molar-refractivity contribution in [3.05, 3.63) is 35.4 Å². The number of thioether (sulfide) groups is 1. The van der Waals surface area contributed by atoms with Crippen LogP contribution in [0.3, 0.4) is 0 Å². The molecule has 1 aliphatic carbocycles. The summed E-state index contributed by atoms with van der Waals surface area (Å²) in [5.41, 5.74) is 2.07. The maximum absolute atomic E-state index is 11.7. The van der Waals surface area contributed by atoms with Gasteiger partial charge in [-0.3, -0.25) is 4.79 Å². The first-order valence-electron chi connectivity index (χ1n) is 5.72. The lowest BCUT2D eigenvalue weighted by Crippen LogP contribution is -2.34. The molecule has 0 aromatic heterocycles. The van der Waals surface area contributed by atoms with Crippen molar-refractivity contribution in [3.63, 3.8) is 0 Å². The molecular weight excluding hydrogens is 248 g/mol. The van der Waals surface area contributed by atoms with E-state index >= 15 is 0 Å². The summed E-state index contributed by atoms with van der Waals surface area (Å²) < 4.78 is 0. The molecule has 0 unspecified atom stereocenters. The van der Waals surface area contributed by atoms with Crippen LogP contribution in [-0.2, 0) is 11.2 Å².